The second-order valence-electron chi connectivity index (χ2n) is 4.37. The first kappa shape index (κ1) is 13.1. The van der Waals surface area contributed by atoms with Crippen molar-refractivity contribution in [1.82, 2.24) is 0 Å². The van der Waals surface area contributed by atoms with Gasteiger partial charge in [-0.2, -0.15) is 0 Å². The van der Waals surface area contributed by atoms with Crippen LogP contribution in [0, 0.1) is 0 Å². The summed E-state index contributed by atoms with van der Waals surface area (Å²) < 4.78 is 5.61. The molecular weight excluding hydrogens is 240 g/mol. The van der Waals surface area contributed by atoms with Gasteiger partial charge in [0.05, 0.1) is 6.61 Å². The molecule has 0 fully saturated rings. The summed E-state index contributed by atoms with van der Waals surface area (Å²) in [6, 6.07) is 14.0. The number of hydrogen-bond donors (Lipinski definition) is 1. The van der Waals surface area contributed by atoms with Crippen LogP contribution in [0.4, 0.5) is 0 Å². The van der Waals surface area contributed by atoms with Gasteiger partial charge in [-0.3, -0.25) is 0 Å². The Bertz CT molecular complexity index is 602. The fourth-order valence-corrected chi connectivity index (χ4v) is 1.84. The van der Waals surface area contributed by atoms with Crippen molar-refractivity contribution in [3.63, 3.8) is 0 Å². The maximum atomic E-state index is 10.6. The van der Waals surface area contributed by atoms with Gasteiger partial charge >= 0.3 is 5.97 Å². The number of aliphatic carboxylic acids is 1. The molecule has 0 atom stereocenters. The molecule has 3 nitrogen and oxygen atoms in total. The van der Waals surface area contributed by atoms with E-state index in [4.69, 9.17) is 9.84 Å². The van der Waals surface area contributed by atoms with Crippen LogP contribution in [-0.4, -0.2) is 17.7 Å². The van der Waals surface area contributed by atoms with Crippen LogP contribution in [0.1, 0.15) is 12.8 Å². The Morgan fingerprint density at radius 2 is 1.89 bits per heavy atom. The molecule has 2 aromatic rings. The van der Waals surface area contributed by atoms with E-state index >= 15 is 0 Å². The van der Waals surface area contributed by atoms with Crippen LogP contribution in [0.15, 0.2) is 54.6 Å². The zero-order chi connectivity index (χ0) is 13.7. The van der Waals surface area contributed by atoms with Crippen LogP contribution in [0.25, 0.3) is 10.8 Å². The first-order valence-corrected chi connectivity index (χ1v) is 6.19. The standard InChI is InChI=1S/C16H16O3/c1-12(16(17)18)5-4-10-19-15-9-8-13-6-2-3-7-14(13)11-15/h2-3,6-9,11H,1,4-5,10H2,(H,17,18). The molecule has 0 heterocycles. The maximum Gasteiger partial charge on any atom is 0.330 e. The van der Waals surface area contributed by atoms with Crippen molar-refractivity contribution < 1.29 is 14.6 Å². The summed E-state index contributed by atoms with van der Waals surface area (Å²) in [5, 5.41) is 11.0. The van der Waals surface area contributed by atoms with Crippen LogP contribution in [-0.2, 0) is 4.79 Å². The second-order valence-corrected chi connectivity index (χ2v) is 4.37. The summed E-state index contributed by atoms with van der Waals surface area (Å²) in [5.41, 5.74) is 0.224. The van der Waals surface area contributed by atoms with Crippen molar-refractivity contribution in [1.29, 1.82) is 0 Å². The Kier molecular flexibility index (Phi) is 4.18. The number of ether oxygens (including phenoxy) is 1. The van der Waals surface area contributed by atoms with Gasteiger partial charge < -0.3 is 9.84 Å². The minimum Gasteiger partial charge on any atom is -0.494 e. The van der Waals surface area contributed by atoms with E-state index in [1.807, 2.05) is 36.4 Å². The van der Waals surface area contributed by atoms with Crippen LogP contribution >= 0.6 is 0 Å². The number of rotatable bonds is 6. The first-order valence-electron chi connectivity index (χ1n) is 6.19. The molecule has 0 aliphatic carbocycles. The molecular formula is C16H16O3. The molecule has 0 aliphatic rings. The fourth-order valence-electron chi connectivity index (χ4n) is 1.84. The molecule has 98 valence electrons. The number of carboxylic acid groups (broad SMARTS) is 1. The van der Waals surface area contributed by atoms with Crippen molar-refractivity contribution in [3.8, 4) is 5.75 Å². The Morgan fingerprint density at radius 3 is 2.63 bits per heavy atom. The third-order valence-corrected chi connectivity index (χ3v) is 2.92. The minimum absolute atomic E-state index is 0.224. The first-order chi connectivity index (χ1) is 9.16. The molecule has 0 radical (unpaired) electrons. The lowest BCUT2D eigenvalue weighted by Gasteiger charge is -2.07. The van der Waals surface area contributed by atoms with Crippen molar-refractivity contribution in [2.45, 2.75) is 12.8 Å². The van der Waals surface area contributed by atoms with Gasteiger partial charge in [-0.15, -0.1) is 0 Å². The predicted octanol–water partition coefficient (Wildman–Crippen LogP) is 3.64. The third kappa shape index (κ3) is 3.58. The Balaban J connectivity index is 1.88. The van der Waals surface area contributed by atoms with E-state index in [0.717, 1.165) is 11.1 Å². The molecule has 2 rings (SSSR count). The van der Waals surface area contributed by atoms with Gasteiger partial charge in [-0.25, -0.2) is 4.79 Å². The zero-order valence-corrected chi connectivity index (χ0v) is 10.6. The molecule has 0 amide bonds. The van der Waals surface area contributed by atoms with Crippen molar-refractivity contribution in [2.24, 2.45) is 0 Å². The molecule has 2 aromatic carbocycles. The van der Waals surface area contributed by atoms with E-state index in [9.17, 15) is 4.79 Å². The maximum absolute atomic E-state index is 10.6. The lowest BCUT2D eigenvalue weighted by molar-refractivity contribution is -0.132. The average molecular weight is 256 g/mol. The topological polar surface area (TPSA) is 46.5 Å². The normalized spacial score (nSPS) is 10.3. The lowest BCUT2D eigenvalue weighted by Crippen LogP contribution is -2.02. The lowest BCUT2D eigenvalue weighted by atomic mass is 10.1. The summed E-state index contributed by atoms with van der Waals surface area (Å²) in [5.74, 6) is -0.134. The Labute approximate surface area is 112 Å². The summed E-state index contributed by atoms with van der Waals surface area (Å²) in [4.78, 5) is 10.6. The van der Waals surface area contributed by atoms with E-state index in [0.29, 0.717) is 19.4 Å². The van der Waals surface area contributed by atoms with Gasteiger partial charge in [-0.1, -0.05) is 36.9 Å². The molecule has 0 saturated carbocycles. The monoisotopic (exact) mass is 256 g/mol. The van der Waals surface area contributed by atoms with Crippen LogP contribution in [0.3, 0.4) is 0 Å². The van der Waals surface area contributed by atoms with E-state index in [2.05, 4.69) is 12.6 Å². The highest BCUT2D eigenvalue weighted by Gasteiger charge is 2.03. The molecule has 3 heteroatoms. The molecule has 0 aromatic heterocycles. The average Bonchev–Trinajstić information content (AvgIpc) is 2.43. The van der Waals surface area contributed by atoms with Gasteiger partial charge in [0.25, 0.3) is 0 Å². The van der Waals surface area contributed by atoms with E-state index in [1.54, 1.807) is 0 Å². The van der Waals surface area contributed by atoms with Crippen molar-refractivity contribution in [3.05, 3.63) is 54.6 Å². The summed E-state index contributed by atoms with van der Waals surface area (Å²) in [7, 11) is 0. The van der Waals surface area contributed by atoms with Crippen molar-refractivity contribution in [2.75, 3.05) is 6.61 Å². The Hall–Kier alpha value is -2.29. The number of carbonyl (C=O) groups is 1. The summed E-state index contributed by atoms with van der Waals surface area (Å²) in [6.45, 7) is 3.98. The number of benzene rings is 2. The third-order valence-electron chi connectivity index (χ3n) is 2.92. The summed E-state index contributed by atoms with van der Waals surface area (Å²) in [6.07, 6.45) is 1.10. The van der Waals surface area contributed by atoms with Crippen LogP contribution in [0.5, 0.6) is 5.75 Å². The van der Waals surface area contributed by atoms with E-state index in [-0.39, 0.29) is 5.57 Å². The molecule has 0 unspecified atom stereocenters. The largest absolute Gasteiger partial charge is 0.494 e. The molecule has 0 aliphatic heterocycles. The molecule has 0 saturated heterocycles. The highest BCUT2D eigenvalue weighted by molar-refractivity contribution is 5.85. The van der Waals surface area contributed by atoms with Crippen LogP contribution in [0.2, 0.25) is 0 Å². The number of hydrogen-bond acceptors (Lipinski definition) is 2. The van der Waals surface area contributed by atoms with Gasteiger partial charge in [0.1, 0.15) is 5.75 Å². The van der Waals surface area contributed by atoms with Crippen LogP contribution < -0.4 is 4.74 Å². The smallest absolute Gasteiger partial charge is 0.330 e. The molecule has 1 N–H and O–H groups in total. The van der Waals surface area contributed by atoms with Crippen molar-refractivity contribution >= 4 is 16.7 Å². The fraction of sp³-hybridized carbons (Fsp3) is 0.188. The SMILES string of the molecule is C=C(CCCOc1ccc2ccccc2c1)C(=O)O. The summed E-state index contributed by atoms with van der Waals surface area (Å²) >= 11 is 0. The number of fused-ring (bicyclic) bond motifs is 1. The highest BCUT2D eigenvalue weighted by Crippen LogP contribution is 2.20. The van der Waals surface area contributed by atoms with Gasteiger partial charge in [0, 0.05) is 5.57 Å². The van der Waals surface area contributed by atoms with Gasteiger partial charge in [-0.05, 0) is 35.7 Å². The predicted molar refractivity (Wildman–Crippen MR) is 75.5 cm³/mol. The molecule has 0 spiro atoms. The molecule has 19 heavy (non-hydrogen) atoms. The second kappa shape index (κ2) is 6.05. The van der Waals surface area contributed by atoms with E-state index < -0.39 is 5.97 Å². The van der Waals surface area contributed by atoms with Gasteiger partial charge in [0.2, 0.25) is 0 Å². The zero-order valence-electron chi connectivity index (χ0n) is 10.6. The molecule has 0 bridgehead atoms. The Morgan fingerprint density at radius 1 is 1.16 bits per heavy atom. The quantitative estimate of drug-likeness (QED) is 0.634. The minimum atomic E-state index is -0.939. The number of carboxylic acids is 1. The van der Waals surface area contributed by atoms with Gasteiger partial charge in [0.15, 0.2) is 0 Å². The van der Waals surface area contributed by atoms with E-state index in [1.165, 1.54) is 5.39 Å². The highest BCUT2D eigenvalue weighted by atomic mass is 16.5.